The lowest BCUT2D eigenvalue weighted by molar-refractivity contribution is 0.519. The predicted molar refractivity (Wildman–Crippen MR) is 87.1 cm³/mol. The molecule has 0 radical (unpaired) electrons. The van der Waals surface area contributed by atoms with Gasteiger partial charge < -0.3 is 4.57 Å². The van der Waals surface area contributed by atoms with Crippen LogP contribution in [0.1, 0.15) is 5.56 Å². The first kappa shape index (κ1) is 17.0. The molecule has 0 unspecified atom stereocenters. The van der Waals surface area contributed by atoms with Crippen molar-refractivity contribution in [2.75, 3.05) is 14.1 Å². The molecule has 2 rings (SSSR count). The number of nitrogens with zero attached hydrogens (tertiary/aromatic N) is 2. The molecule has 0 amide bonds. The fourth-order valence-electron chi connectivity index (χ4n) is 1.85. The van der Waals surface area contributed by atoms with Crippen LogP contribution >= 0.6 is 23.2 Å². The van der Waals surface area contributed by atoms with Crippen molar-refractivity contribution in [3.63, 3.8) is 0 Å². The summed E-state index contributed by atoms with van der Waals surface area (Å²) in [6.45, 7) is 0.0914. The monoisotopic (exact) mass is 360 g/mol. The van der Waals surface area contributed by atoms with Gasteiger partial charge in [0.1, 0.15) is 0 Å². The molecule has 0 bridgehead atoms. The van der Waals surface area contributed by atoms with Crippen LogP contribution < -0.4 is 5.56 Å². The van der Waals surface area contributed by atoms with E-state index in [0.29, 0.717) is 15.6 Å². The van der Waals surface area contributed by atoms with Crippen LogP contribution in [0.3, 0.4) is 0 Å². The molecule has 2 aromatic rings. The first-order valence-corrected chi connectivity index (χ1v) is 8.49. The van der Waals surface area contributed by atoms with Gasteiger partial charge >= 0.3 is 0 Å². The summed E-state index contributed by atoms with van der Waals surface area (Å²) in [6.07, 6.45) is 1.29. The maximum absolute atomic E-state index is 12.1. The largest absolute Gasteiger partial charge is 0.310 e. The van der Waals surface area contributed by atoms with Crippen molar-refractivity contribution in [2.24, 2.45) is 0 Å². The minimum absolute atomic E-state index is 0.0280. The average molecular weight is 361 g/mol. The number of pyridine rings is 1. The molecular weight excluding hydrogens is 347 g/mol. The van der Waals surface area contributed by atoms with Crippen LogP contribution in [0.25, 0.3) is 0 Å². The molecule has 1 heterocycles. The highest BCUT2D eigenvalue weighted by Gasteiger charge is 2.18. The highest BCUT2D eigenvalue weighted by molar-refractivity contribution is 7.89. The zero-order valence-electron chi connectivity index (χ0n) is 12.0. The van der Waals surface area contributed by atoms with Gasteiger partial charge in [-0.2, -0.15) is 0 Å². The van der Waals surface area contributed by atoms with Crippen LogP contribution in [-0.4, -0.2) is 31.4 Å². The van der Waals surface area contributed by atoms with Crippen molar-refractivity contribution in [1.82, 2.24) is 8.87 Å². The van der Waals surface area contributed by atoms with Gasteiger partial charge in [-0.05, 0) is 18.2 Å². The first-order valence-electron chi connectivity index (χ1n) is 6.29. The van der Waals surface area contributed by atoms with E-state index in [1.54, 1.807) is 18.2 Å². The molecule has 1 aromatic carbocycles. The van der Waals surface area contributed by atoms with Gasteiger partial charge in [-0.1, -0.05) is 29.3 Å². The van der Waals surface area contributed by atoms with Gasteiger partial charge in [0.15, 0.2) is 0 Å². The molecule has 5 nitrogen and oxygen atoms in total. The molecule has 0 fully saturated rings. The Labute approximate surface area is 138 Å². The van der Waals surface area contributed by atoms with Crippen molar-refractivity contribution < 1.29 is 8.42 Å². The van der Waals surface area contributed by atoms with E-state index in [9.17, 15) is 13.2 Å². The highest BCUT2D eigenvalue weighted by Crippen LogP contribution is 2.25. The summed E-state index contributed by atoms with van der Waals surface area (Å²) < 4.78 is 26.6. The number of rotatable bonds is 4. The van der Waals surface area contributed by atoms with Crippen LogP contribution in [-0.2, 0) is 16.6 Å². The van der Waals surface area contributed by atoms with Crippen LogP contribution in [0, 0.1) is 0 Å². The number of aromatic nitrogens is 1. The standard InChI is InChI=1S/C14H14Cl2N2O3S/c1-17(2)22(20,21)10-6-7-14(19)18(8-10)9-11-12(15)4-3-5-13(11)16/h3-8H,9H2,1-2H3. The average Bonchev–Trinajstić information content (AvgIpc) is 2.44. The maximum Gasteiger partial charge on any atom is 0.250 e. The van der Waals surface area contributed by atoms with Crippen molar-refractivity contribution in [1.29, 1.82) is 0 Å². The van der Waals surface area contributed by atoms with Gasteiger partial charge in [0.25, 0.3) is 5.56 Å². The summed E-state index contributed by atoms with van der Waals surface area (Å²) >= 11 is 12.2. The summed E-state index contributed by atoms with van der Waals surface area (Å²) in [5, 5.41) is 0.834. The minimum Gasteiger partial charge on any atom is -0.310 e. The van der Waals surface area contributed by atoms with Crippen LogP contribution in [0.2, 0.25) is 10.0 Å². The quantitative estimate of drug-likeness (QED) is 0.841. The van der Waals surface area contributed by atoms with Gasteiger partial charge in [-0.15, -0.1) is 0 Å². The molecule has 0 N–H and O–H groups in total. The summed E-state index contributed by atoms with van der Waals surface area (Å²) in [5.41, 5.74) is 0.223. The Morgan fingerprint density at radius 1 is 1.09 bits per heavy atom. The number of benzene rings is 1. The second kappa shape index (κ2) is 6.42. The Morgan fingerprint density at radius 3 is 2.23 bits per heavy atom. The lowest BCUT2D eigenvalue weighted by Crippen LogP contribution is -2.26. The molecule has 0 saturated heterocycles. The van der Waals surface area contributed by atoms with Gasteiger partial charge in [-0.25, -0.2) is 12.7 Å². The lowest BCUT2D eigenvalue weighted by atomic mass is 10.2. The Balaban J connectivity index is 2.51. The van der Waals surface area contributed by atoms with E-state index in [1.807, 2.05) is 0 Å². The molecular formula is C14H14Cl2N2O3S. The zero-order valence-corrected chi connectivity index (χ0v) is 14.3. The highest BCUT2D eigenvalue weighted by atomic mass is 35.5. The minimum atomic E-state index is -3.62. The topological polar surface area (TPSA) is 59.4 Å². The molecule has 0 saturated carbocycles. The van der Waals surface area contributed by atoms with Crippen LogP contribution in [0.15, 0.2) is 46.2 Å². The fourth-order valence-corrected chi connectivity index (χ4v) is 3.29. The number of halogens is 2. The summed E-state index contributed by atoms with van der Waals surface area (Å²) in [5.74, 6) is 0. The zero-order chi connectivity index (χ0) is 16.5. The molecule has 0 aliphatic heterocycles. The molecule has 0 aliphatic rings. The Bertz CT molecular complexity index is 840. The van der Waals surface area contributed by atoms with Crippen LogP contribution in [0.4, 0.5) is 0 Å². The molecule has 22 heavy (non-hydrogen) atoms. The lowest BCUT2D eigenvalue weighted by Gasteiger charge is -2.14. The third kappa shape index (κ3) is 3.35. The fraction of sp³-hybridized carbons (Fsp3) is 0.214. The van der Waals surface area contributed by atoms with E-state index >= 15 is 0 Å². The van der Waals surface area contributed by atoms with Gasteiger partial charge in [-0.3, -0.25) is 4.79 Å². The normalized spacial score (nSPS) is 11.9. The summed E-state index contributed by atoms with van der Waals surface area (Å²) in [7, 11) is -0.768. The number of hydrogen-bond donors (Lipinski definition) is 0. The first-order chi connectivity index (χ1) is 10.2. The third-order valence-corrected chi connectivity index (χ3v) is 5.63. The summed E-state index contributed by atoms with van der Waals surface area (Å²) in [4.78, 5) is 12.0. The number of hydrogen-bond acceptors (Lipinski definition) is 3. The smallest absolute Gasteiger partial charge is 0.250 e. The van der Waals surface area contributed by atoms with Crippen molar-refractivity contribution in [3.05, 3.63) is 62.5 Å². The molecule has 8 heteroatoms. The third-order valence-electron chi connectivity index (χ3n) is 3.13. The predicted octanol–water partition coefficient (Wildman–Crippen LogP) is 2.45. The van der Waals surface area contributed by atoms with Crippen molar-refractivity contribution >= 4 is 33.2 Å². The van der Waals surface area contributed by atoms with E-state index in [0.717, 1.165) is 4.31 Å². The molecule has 0 atom stereocenters. The van der Waals surface area contributed by atoms with Crippen LogP contribution in [0.5, 0.6) is 0 Å². The van der Waals surface area contributed by atoms with Gasteiger partial charge in [0.2, 0.25) is 10.0 Å². The molecule has 1 aromatic heterocycles. The maximum atomic E-state index is 12.1. The second-order valence-corrected chi connectivity index (χ2v) is 7.78. The van der Waals surface area contributed by atoms with E-state index in [2.05, 4.69) is 0 Å². The van der Waals surface area contributed by atoms with Crippen molar-refractivity contribution in [3.8, 4) is 0 Å². The Morgan fingerprint density at radius 2 is 1.68 bits per heavy atom. The van der Waals surface area contributed by atoms with Crippen molar-refractivity contribution in [2.45, 2.75) is 11.4 Å². The Hall–Kier alpha value is -1.34. The van der Waals surface area contributed by atoms with Gasteiger partial charge in [0.05, 0.1) is 11.4 Å². The molecule has 0 aliphatic carbocycles. The summed E-state index contributed by atoms with van der Waals surface area (Å²) in [6, 6.07) is 7.51. The van der Waals surface area contributed by atoms with E-state index in [4.69, 9.17) is 23.2 Å². The van der Waals surface area contributed by atoms with E-state index < -0.39 is 10.0 Å². The van der Waals surface area contributed by atoms with Gasteiger partial charge in [0, 0.05) is 42.0 Å². The van der Waals surface area contributed by atoms with E-state index in [1.165, 1.54) is 37.0 Å². The SMILES string of the molecule is CN(C)S(=O)(=O)c1ccc(=O)n(Cc2c(Cl)cccc2Cl)c1. The number of sulfonamides is 1. The second-order valence-electron chi connectivity index (χ2n) is 4.82. The van der Waals surface area contributed by atoms with E-state index in [-0.39, 0.29) is 17.0 Å². The molecule has 0 spiro atoms. The molecule has 118 valence electrons. The Kier molecular flexibility index (Phi) is 4.97.